The molecule has 0 unspecified atom stereocenters. The number of amides is 3. The number of phenolic OH excluding ortho intramolecular Hbond substituents is 1. The van der Waals surface area contributed by atoms with Gasteiger partial charge < -0.3 is 30.1 Å². The van der Waals surface area contributed by atoms with Crippen molar-refractivity contribution in [3.05, 3.63) is 28.8 Å². The monoisotopic (exact) mass is 509 g/mol. The molecule has 3 amide bonds. The molecule has 4 atom stereocenters. The first-order valence-electron chi connectivity index (χ1n) is 11.6. The minimum absolute atomic E-state index is 0.00879. The second-order valence-electron chi connectivity index (χ2n) is 9.76. The van der Waals surface area contributed by atoms with Gasteiger partial charge in [0.15, 0.2) is 0 Å². The smallest absolute Gasteiger partial charge is 0.310 e. The fraction of sp³-hybridized carbons (Fsp3) is 0.583. The van der Waals surface area contributed by atoms with Crippen molar-refractivity contribution in [3.63, 3.8) is 0 Å². The van der Waals surface area contributed by atoms with Crippen LogP contribution in [0, 0.1) is 5.41 Å². The van der Waals surface area contributed by atoms with Crippen molar-refractivity contribution < 1.29 is 33.8 Å². The van der Waals surface area contributed by atoms with Gasteiger partial charge in [0.05, 0.1) is 17.0 Å². The molecule has 1 aromatic rings. The summed E-state index contributed by atoms with van der Waals surface area (Å²) >= 11 is 6.11. The largest absolute Gasteiger partial charge is 0.508 e. The van der Waals surface area contributed by atoms with Gasteiger partial charge in [-0.25, -0.2) is 0 Å². The number of halogens is 1. The van der Waals surface area contributed by atoms with Gasteiger partial charge in [0, 0.05) is 13.2 Å². The van der Waals surface area contributed by atoms with Crippen LogP contribution in [0.2, 0.25) is 5.02 Å². The van der Waals surface area contributed by atoms with E-state index in [9.17, 15) is 24.3 Å². The van der Waals surface area contributed by atoms with E-state index in [-0.39, 0.29) is 22.8 Å². The van der Waals surface area contributed by atoms with Crippen molar-refractivity contribution in [1.82, 2.24) is 15.5 Å². The van der Waals surface area contributed by atoms with Crippen LogP contribution in [0.15, 0.2) is 18.2 Å². The number of nitrogens with zero attached hydrogens (tertiary/aromatic N) is 1. The van der Waals surface area contributed by atoms with E-state index in [2.05, 4.69) is 10.6 Å². The van der Waals surface area contributed by atoms with Crippen LogP contribution in [0.25, 0.3) is 0 Å². The first kappa shape index (κ1) is 26.7. The van der Waals surface area contributed by atoms with Gasteiger partial charge in [0.25, 0.3) is 5.91 Å². The number of ether oxygens (including phenoxy) is 2. The molecule has 2 heterocycles. The minimum atomic E-state index is -0.944. The molecule has 0 bridgehead atoms. The molecular formula is C24H32ClN3O7. The maximum absolute atomic E-state index is 13.6. The molecule has 0 aliphatic carbocycles. The van der Waals surface area contributed by atoms with Gasteiger partial charge in [-0.1, -0.05) is 32.4 Å². The highest BCUT2D eigenvalue weighted by atomic mass is 35.5. The molecule has 11 heteroatoms. The number of hydrogen-bond donors (Lipinski definition) is 3. The topological polar surface area (TPSA) is 134 Å². The molecule has 3 rings (SSSR count). The highest BCUT2D eigenvalue weighted by molar-refractivity contribution is 6.34. The van der Waals surface area contributed by atoms with Crippen molar-refractivity contribution >= 4 is 35.3 Å². The predicted molar refractivity (Wildman–Crippen MR) is 127 cm³/mol. The third kappa shape index (κ3) is 6.24. The van der Waals surface area contributed by atoms with E-state index in [1.165, 1.54) is 23.1 Å². The van der Waals surface area contributed by atoms with Crippen LogP contribution in [-0.2, 0) is 23.9 Å². The summed E-state index contributed by atoms with van der Waals surface area (Å²) in [6, 6.07) is 1.63. The molecule has 192 valence electrons. The Balaban J connectivity index is 1.75. The zero-order chi connectivity index (χ0) is 25.9. The van der Waals surface area contributed by atoms with E-state index in [4.69, 9.17) is 21.1 Å². The van der Waals surface area contributed by atoms with Crippen LogP contribution in [0.5, 0.6) is 5.75 Å². The number of benzene rings is 1. The summed E-state index contributed by atoms with van der Waals surface area (Å²) in [6.07, 6.45) is 0.199. The number of carbonyl (C=O) groups excluding carboxylic acids is 4. The molecule has 3 N–H and O–H groups in total. The summed E-state index contributed by atoms with van der Waals surface area (Å²) in [5, 5.41) is 15.2. The number of rotatable bonds is 7. The zero-order valence-electron chi connectivity index (χ0n) is 20.3. The summed E-state index contributed by atoms with van der Waals surface area (Å²) in [5.74, 6) is -1.90. The van der Waals surface area contributed by atoms with Crippen molar-refractivity contribution in [3.8, 4) is 5.75 Å². The normalized spacial score (nSPS) is 23.1. The summed E-state index contributed by atoms with van der Waals surface area (Å²) < 4.78 is 10.5. The van der Waals surface area contributed by atoms with Gasteiger partial charge in [-0.2, -0.15) is 0 Å². The van der Waals surface area contributed by atoms with Gasteiger partial charge in [0.2, 0.25) is 18.1 Å². The highest BCUT2D eigenvalue weighted by Crippen LogP contribution is 2.28. The average Bonchev–Trinajstić information content (AvgIpc) is 3.37. The molecule has 0 radical (unpaired) electrons. The van der Waals surface area contributed by atoms with Crippen LogP contribution in [0.4, 0.5) is 0 Å². The molecule has 0 spiro atoms. The Morgan fingerprint density at radius 3 is 2.66 bits per heavy atom. The van der Waals surface area contributed by atoms with Crippen molar-refractivity contribution in [2.24, 2.45) is 5.41 Å². The van der Waals surface area contributed by atoms with Crippen LogP contribution in [-0.4, -0.2) is 71.3 Å². The zero-order valence-corrected chi connectivity index (χ0v) is 21.1. The lowest BCUT2D eigenvalue weighted by atomic mass is 9.85. The van der Waals surface area contributed by atoms with E-state index in [0.717, 1.165) is 0 Å². The summed E-state index contributed by atoms with van der Waals surface area (Å²) in [7, 11) is 0. The van der Waals surface area contributed by atoms with Crippen molar-refractivity contribution in [2.75, 3.05) is 13.2 Å². The third-order valence-corrected chi connectivity index (χ3v) is 6.36. The molecule has 2 fully saturated rings. The van der Waals surface area contributed by atoms with Gasteiger partial charge in [0.1, 0.15) is 23.9 Å². The number of aromatic hydroxyl groups is 1. The number of likely N-dealkylation sites (tertiary alicyclic amines) is 1. The highest BCUT2D eigenvalue weighted by Gasteiger charge is 2.44. The van der Waals surface area contributed by atoms with Crippen LogP contribution in [0.3, 0.4) is 0 Å². The number of hydrogen-bond acceptors (Lipinski definition) is 7. The Hall–Kier alpha value is -2.85. The quantitative estimate of drug-likeness (QED) is 0.478. The molecule has 2 aliphatic rings. The van der Waals surface area contributed by atoms with E-state index in [0.29, 0.717) is 26.0 Å². The summed E-state index contributed by atoms with van der Waals surface area (Å²) in [5.41, 5.74) is -0.555. The van der Waals surface area contributed by atoms with Gasteiger partial charge >= 0.3 is 5.97 Å². The molecule has 35 heavy (non-hydrogen) atoms. The fourth-order valence-electron chi connectivity index (χ4n) is 4.26. The first-order valence-corrected chi connectivity index (χ1v) is 12.0. The van der Waals surface area contributed by atoms with E-state index in [1.807, 2.05) is 20.8 Å². The molecule has 10 nitrogen and oxygen atoms in total. The Labute approximate surface area is 209 Å². The Bertz CT molecular complexity index is 994. The standard InChI is InChI=1S/C24H32ClN3O7/c1-5-34-23-16(12-18(30)35-23)26-21(32)17-7-6-10-28(17)22(33)19(24(2,3)4)27-20(31)14-9-8-13(29)11-15(14)25/h8-9,11,16-17,19,23,29H,5-7,10,12H2,1-4H3,(H,26,32)(H,27,31)/t16-,17+,19-,23-/m1/s1. The predicted octanol–water partition coefficient (Wildman–Crippen LogP) is 1.98. The number of esters is 1. The van der Waals surface area contributed by atoms with Gasteiger partial charge in [-0.3, -0.25) is 19.2 Å². The van der Waals surface area contributed by atoms with Gasteiger partial charge in [-0.15, -0.1) is 0 Å². The molecule has 2 saturated heterocycles. The van der Waals surface area contributed by atoms with Crippen molar-refractivity contribution in [1.29, 1.82) is 0 Å². The fourth-order valence-corrected chi connectivity index (χ4v) is 4.52. The minimum Gasteiger partial charge on any atom is -0.508 e. The lowest BCUT2D eigenvalue weighted by Gasteiger charge is -2.35. The maximum atomic E-state index is 13.6. The lowest BCUT2D eigenvalue weighted by molar-refractivity contribution is -0.164. The van der Waals surface area contributed by atoms with E-state index < -0.39 is 53.5 Å². The van der Waals surface area contributed by atoms with Crippen LogP contribution < -0.4 is 10.6 Å². The van der Waals surface area contributed by atoms with Crippen LogP contribution in [0.1, 0.15) is 57.3 Å². The third-order valence-electron chi connectivity index (χ3n) is 6.05. The molecule has 1 aromatic carbocycles. The van der Waals surface area contributed by atoms with E-state index in [1.54, 1.807) is 6.92 Å². The second-order valence-corrected chi connectivity index (χ2v) is 10.2. The second kappa shape index (κ2) is 10.8. The Morgan fingerprint density at radius 1 is 1.31 bits per heavy atom. The number of nitrogens with one attached hydrogen (secondary N) is 2. The Kier molecular flexibility index (Phi) is 8.27. The Morgan fingerprint density at radius 2 is 2.03 bits per heavy atom. The average molecular weight is 510 g/mol. The molecule has 2 aliphatic heterocycles. The lowest BCUT2D eigenvalue weighted by Crippen LogP contribution is -2.58. The number of carbonyl (C=O) groups is 4. The van der Waals surface area contributed by atoms with E-state index >= 15 is 0 Å². The van der Waals surface area contributed by atoms with Crippen molar-refractivity contribution in [2.45, 2.75) is 71.4 Å². The first-order chi connectivity index (χ1) is 16.4. The summed E-state index contributed by atoms with van der Waals surface area (Å²) in [4.78, 5) is 52.8. The molecule has 0 saturated carbocycles. The number of phenols is 1. The maximum Gasteiger partial charge on any atom is 0.310 e. The summed E-state index contributed by atoms with van der Waals surface area (Å²) in [6.45, 7) is 7.87. The van der Waals surface area contributed by atoms with Gasteiger partial charge in [-0.05, 0) is 43.4 Å². The van der Waals surface area contributed by atoms with Crippen LogP contribution >= 0.6 is 11.6 Å². The molecular weight excluding hydrogens is 478 g/mol. The number of cyclic esters (lactones) is 1. The molecule has 0 aromatic heterocycles. The SMILES string of the molecule is CCO[C@@H]1OC(=O)C[C@H]1NC(=O)[C@@H]1CCCN1C(=O)[C@@H](NC(=O)c1ccc(O)cc1Cl)C(C)(C)C.